The van der Waals surface area contributed by atoms with E-state index in [9.17, 15) is 8.78 Å². The maximum atomic E-state index is 14.3. The number of hydrogen-bond acceptors (Lipinski definition) is 2. The van der Waals surface area contributed by atoms with E-state index >= 15 is 0 Å². The molecule has 0 amide bonds. The highest BCUT2D eigenvalue weighted by atomic mass is 79.9. The number of rotatable bonds is 4. The van der Waals surface area contributed by atoms with Crippen LogP contribution in [0.2, 0.25) is 0 Å². The Bertz CT molecular complexity index is 436. The molecule has 0 aliphatic carbocycles. The van der Waals surface area contributed by atoms with Crippen molar-refractivity contribution in [2.24, 2.45) is 5.92 Å². The number of nitrogens with one attached hydrogen (secondary N) is 1. The second-order valence-electron chi connectivity index (χ2n) is 5.71. The molecule has 0 aromatic heterocycles. The van der Waals surface area contributed by atoms with E-state index in [4.69, 9.17) is 0 Å². The quantitative estimate of drug-likeness (QED) is 0.893. The smallest absolute Gasteiger partial charge is 0.132 e. The lowest BCUT2D eigenvalue weighted by atomic mass is 9.94. The minimum atomic E-state index is -0.457. The Morgan fingerprint density at radius 3 is 2.25 bits per heavy atom. The van der Waals surface area contributed by atoms with Crippen molar-refractivity contribution in [3.63, 3.8) is 0 Å². The summed E-state index contributed by atoms with van der Waals surface area (Å²) in [5.41, 5.74) is 0.212. The van der Waals surface area contributed by atoms with Crippen molar-refractivity contribution in [2.75, 3.05) is 26.2 Å². The first kappa shape index (κ1) is 15.9. The molecule has 1 aromatic carbocycles. The third kappa shape index (κ3) is 3.77. The van der Waals surface area contributed by atoms with Gasteiger partial charge in [0.25, 0.3) is 0 Å². The van der Waals surface area contributed by atoms with Crippen LogP contribution in [0.25, 0.3) is 0 Å². The van der Waals surface area contributed by atoms with Gasteiger partial charge in [0.15, 0.2) is 0 Å². The minimum absolute atomic E-state index is 0.190. The Morgan fingerprint density at radius 2 is 1.75 bits per heavy atom. The SMILES string of the molecule is CC(C)C[C@@H](c1c(F)cc(Br)cc1F)N1CCNCC1. The van der Waals surface area contributed by atoms with E-state index in [1.54, 1.807) is 0 Å². The van der Waals surface area contributed by atoms with Gasteiger partial charge in [0, 0.05) is 42.3 Å². The van der Waals surface area contributed by atoms with Gasteiger partial charge in [-0.15, -0.1) is 0 Å². The molecule has 1 atom stereocenters. The Kier molecular flexibility index (Phi) is 5.52. The minimum Gasteiger partial charge on any atom is -0.314 e. The molecule has 0 unspecified atom stereocenters. The molecule has 0 saturated carbocycles. The number of piperazine rings is 1. The Hall–Kier alpha value is -0.520. The normalized spacial score (nSPS) is 18.5. The zero-order valence-electron chi connectivity index (χ0n) is 11.9. The molecular formula is C15H21BrF2N2. The third-order valence-corrected chi connectivity index (χ3v) is 4.12. The predicted octanol–water partition coefficient (Wildman–Crippen LogP) is 3.72. The summed E-state index contributed by atoms with van der Waals surface area (Å²) in [7, 11) is 0. The zero-order chi connectivity index (χ0) is 14.7. The van der Waals surface area contributed by atoms with Crippen molar-refractivity contribution in [1.29, 1.82) is 0 Å². The van der Waals surface area contributed by atoms with Crippen LogP contribution in [0.3, 0.4) is 0 Å². The van der Waals surface area contributed by atoms with E-state index in [1.165, 1.54) is 12.1 Å². The van der Waals surface area contributed by atoms with Crippen LogP contribution < -0.4 is 5.32 Å². The van der Waals surface area contributed by atoms with Gasteiger partial charge in [0.1, 0.15) is 11.6 Å². The molecule has 1 N–H and O–H groups in total. The van der Waals surface area contributed by atoms with Crippen molar-refractivity contribution in [3.05, 3.63) is 33.8 Å². The molecule has 1 aliphatic rings. The van der Waals surface area contributed by atoms with Gasteiger partial charge < -0.3 is 5.32 Å². The van der Waals surface area contributed by atoms with E-state index in [0.717, 1.165) is 32.6 Å². The second kappa shape index (κ2) is 6.96. The van der Waals surface area contributed by atoms with Gasteiger partial charge in [-0.1, -0.05) is 29.8 Å². The maximum Gasteiger partial charge on any atom is 0.132 e. The first-order valence-corrected chi connectivity index (χ1v) is 7.87. The Labute approximate surface area is 127 Å². The summed E-state index contributed by atoms with van der Waals surface area (Å²) in [5.74, 6) is -0.528. The van der Waals surface area contributed by atoms with Crippen LogP contribution in [0.5, 0.6) is 0 Å². The summed E-state index contributed by atoms with van der Waals surface area (Å²) < 4.78 is 29.0. The largest absolute Gasteiger partial charge is 0.314 e. The van der Waals surface area contributed by atoms with Crippen molar-refractivity contribution in [2.45, 2.75) is 26.3 Å². The van der Waals surface area contributed by atoms with Crippen LogP contribution in [0.15, 0.2) is 16.6 Å². The number of nitrogens with zero attached hydrogens (tertiary/aromatic N) is 1. The summed E-state index contributed by atoms with van der Waals surface area (Å²) in [6, 6.07) is 2.52. The Morgan fingerprint density at radius 1 is 1.20 bits per heavy atom. The highest BCUT2D eigenvalue weighted by Gasteiger charge is 2.28. The molecule has 2 rings (SSSR count). The summed E-state index contributed by atoms with van der Waals surface area (Å²) in [6.07, 6.45) is 0.759. The average Bonchev–Trinajstić information content (AvgIpc) is 2.37. The summed E-state index contributed by atoms with van der Waals surface area (Å²) in [5, 5.41) is 3.28. The second-order valence-corrected chi connectivity index (χ2v) is 6.63. The fourth-order valence-corrected chi connectivity index (χ4v) is 3.16. The predicted molar refractivity (Wildman–Crippen MR) is 80.7 cm³/mol. The fraction of sp³-hybridized carbons (Fsp3) is 0.600. The fourth-order valence-electron chi connectivity index (χ4n) is 2.76. The molecule has 2 nitrogen and oxygen atoms in total. The maximum absolute atomic E-state index is 14.3. The van der Waals surface area contributed by atoms with Gasteiger partial charge in [0.2, 0.25) is 0 Å². The molecule has 0 radical (unpaired) electrons. The van der Waals surface area contributed by atoms with Crippen molar-refractivity contribution in [1.82, 2.24) is 10.2 Å². The summed E-state index contributed by atoms with van der Waals surface area (Å²) in [4.78, 5) is 2.19. The van der Waals surface area contributed by atoms with E-state index in [-0.39, 0.29) is 11.6 Å². The highest BCUT2D eigenvalue weighted by molar-refractivity contribution is 9.10. The highest BCUT2D eigenvalue weighted by Crippen LogP contribution is 2.33. The first-order valence-electron chi connectivity index (χ1n) is 7.08. The van der Waals surface area contributed by atoms with Crippen LogP contribution in [-0.4, -0.2) is 31.1 Å². The van der Waals surface area contributed by atoms with Gasteiger partial charge in [-0.05, 0) is 24.5 Å². The van der Waals surface area contributed by atoms with Gasteiger partial charge in [-0.25, -0.2) is 8.78 Å². The molecule has 0 bridgehead atoms. The molecule has 1 saturated heterocycles. The van der Waals surface area contributed by atoms with Crippen LogP contribution in [0, 0.1) is 17.6 Å². The van der Waals surface area contributed by atoms with E-state index in [1.807, 2.05) is 0 Å². The molecular weight excluding hydrogens is 326 g/mol. The molecule has 112 valence electrons. The van der Waals surface area contributed by atoms with Crippen LogP contribution >= 0.6 is 15.9 Å². The van der Waals surface area contributed by atoms with Gasteiger partial charge in [-0.2, -0.15) is 0 Å². The lowest BCUT2D eigenvalue weighted by Gasteiger charge is -2.36. The third-order valence-electron chi connectivity index (χ3n) is 3.66. The Balaban J connectivity index is 2.35. The molecule has 1 heterocycles. The number of benzene rings is 1. The standard InChI is InChI=1S/C15H21BrF2N2/c1-10(2)7-14(20-5-3-19-4-6-20)15-12(17)8-11(16)9-13(15)18/h8-10,14,19H,3-7H2,1-2H3/t14-/m0/s1. The van der Waals surface area contributed by atoms with Crippen molar-refractivity contribution < 1.29 is 8.78 Å². The topological polar surface area (TPSA) is 15.3 Å². The van der Waals surface area contributed by atoms with E-state index in [2.05, 4.69) is 40.0 Å². The first-order chi connectivity index (χ1) is 9.49. The molecule has 1 aliphatic heterocycles. The number of hydrogen-bond donors (Lipinski definition) is 1. The van der Waals surface area contributed by atoms with Gasteiger partial charge in [-0.3, -0.25) is 4.90 Å². The summed E-state index contributed by atoms with van der Waals surface area (Å²) in [6.45, 7) is 7.56. The zero-order valence-corrected chi connectivity index (χ0v) is 13.5. The van der Waals surface area contributed by atoms with E-state index in [0.29, 0.717) is 10.4 Å². The van der Waals surface area contributed by atoms with Crippen LogP contribution in [0.1, 0.15) is 31.9 Å². The summed E-state index contributed by atoms with van der Waals surface area (Å²) >= 11 is 3.14. The molecule has 20 heavy (non-hydrogen) atoms. The van der Waals surface area contributed by atoms with Gasteiger partial charge in [0.05, 0.1) is 0 Å². The van der Waals surface area contributed by atoms with Crippen molar-refractivity contribution in [3.8, 4) is 0 Å². The molecule has 5 heteroatoms. The molecule has 1 aromatic rings. The monoisotopic (exact) mass is 346 g/mol. The van der Waals surface area contributed by atoms with Crippen LogP contribution in [0.4, 0.5) is 8.78 Å². The lowest BCUT2D eigenvalue weighted by Crippen LogP contribution is -2.45. The van der Waals surface area contributed by atoms with Gasteiger partial charge >= 0.3 is 0 Å². The van der Waals surface area contributed by atoms with Crippen LogP contribution in [-0.2, 0) is 0 Å². The lowest BCUT2D eigenvalue weighted by molar-refractivity contribution is 0.147. The van der Waals surface area contributed by atoms with Crippen molar-refractivity contribution >= 4 is 15.9 Å². The molecule has 0 spiro atoms. The van der Waals surface area contributed by atoms with E-state index < -0.39 is 11.6 Å². The molecule has 1 fully saturated rings. The number of halogens is 3. The average molecular weight is 347 g/mol.